The number of ether oxygens (including phenoxy) is 2. The molecule has 0 saturated heterocycles. The molecule has 0 aromatic rings. The van der Waals surface area contributed by atoms with Gasteiger partial charge in [-0.05, 0) is 0 Å². The summed E-state index contributed by atoms with van der Waals surface area (Å²) in [6.07, 6.45) is -1.30. The molecule has 0 bridgehead atoms. The van der Waals surface area contributed by atoms with Crippen LogP contribution in [0.3, 0.4) is 0 Å². The molecule has 0 aliphatic rings. The van der Waals surface area contributed by atoms with E-state index in [-0.39, 0.29) is 50.0 Å². The fourth-order valence-corrected chi connectivity index (χ4v) is 2.62. The highest BCUT2D eigenvalue weighted by molar-refractivity contribution is 8.13. The summed E-state index contributed by atoms with van der Waals surface area (Å²) < 4.78 is 9.28. The molecular formula is C18H30N2O8S. The Kier molecular flexibility index (Phi) is 12.9. The van der Waals surface area contributed by atoms with Gasteiger partial charge in [0.05, 0.1) is 20.1 Å². The molecule has 0 rings (SSSR count). The van der Waals surface area contributed by atoms with Gasteiger partial charge in [0.2, 0.25) is 11.8 Å². The number of carbonyl (C=O) groups excluding carboxylic acids is 5. The maximum Gasteiger partial charge on any atom is 0.305 e. The van der Waals surface area contributed by atoms with Crippen molar-refractivity contribution in [2.24, 2.45) is 5.41 Å². The second kappa shape index (κ2) is 13.9. The number of rotatable bonds is 13. The molecule has 0 saturated carbocycles. The minimum absolute atomic E-state index is 0.00376. The van der Waals surface area contributed by atoms with Gasteiger partial charge in [-0.15, -0.1) is 0 Å². The average molecular weight is 435 g/mol. The topological polar surface area (TPSA) is 148 Å². The SMILES string of the molecule is COC(=O)CCC(=O)SCCNC(=O)CCNC(=O)[C@H](O)C(C)(C)COC(C)=O. The van der Waals surface area contributed by atoms with Gasteiger partial charge in [0.15, 0.2) is 5.12 Å². The first-order valence-electron chi connectivity index (χ1n) is 9.08. The molecule has 1 atom stereocenters. The molecular weight excluding hydrogens is 404 g/mol. The number of methoxy groups -OCH3 is 1. The number of nitrogens with one attached hydrogen (secondary N) is 2. The minimum Gasteiger partial charge on any atom is -0.469 e. The summed E-state index contributed by atoms with van der Waals surface area (Å²) in [5.41, 5.74) is -0.977. The van der Waals surface area contributed by atoms with E-state index in [0.29, 0.717) is 5.75 Å². The van der Waals surface area contributed by atoms with Crippen LogP contribution in [0.4, 0.5) is 0 Å². The molecule has 0 heterocycles. The van der Waals surface area contributed by atoms with Gasteiger partial charge in [-0.2, -0.15) is 0 Å². The summed E-state index contributed by atoms with van der Waals surface area (Å²) in [6.45, 7) is 4.56. The average Bonchev–Trinajstić information content (AvgIpc) is 2.67. The number of aliphatic hydroxyl groups excluding tert-OH is 1. The van der Waals surface area contributed by atoms with Crippen molar-refractivity contribution in [3.8, 4) is 0 Å². The zero-order valence-electron chi connectivity index (χ0n) is 17.2. The highest BCUT2D eigenvalue weighted by atomic mass is 32.2. The molecule has 2 amide bonds. The maximum atomic E-state index is 12.0. The largest absolute Gasteiger partial charge is 0.469 e. The van der Waals surface area contributed by atoms with Crippen LogP contribution in [0, 0.1) is 5.41 Å². The zero-order valence-corrected chi connectivity index (χ0v) is 18.1. The zero-order chi connectivity index (χ0) is 22.4. The lowest BCUT2D eigenvalue weighted by atomic mass is 9.87. The van der Waals surface area contributed by atoms with Crippen LogP contribution in [0.25, 0.3) is 0 Å². The lowest BCUT2D eigenvalue weighted by molar-refractivity contribution is -0.151. The number of hydrogen-bond acceptors (Lipinski definition) is 9. The normalized spacial score (nSPS) is 11.9. The molecule has 3 N–H and O–H groups in total. The number of aliphatic hydroxyl groups is 1. The summed E-state index contributed by atoms with van der Waals surface area (Å²) >= 11 is 1.01. The van der Waals surface area contributed by atoms with E-state index in [4.69, 9.17) is 4.74 Å². The Morgan fingerprint density at radius 1 is 1.03 bits per heavy atom. The van der Waals surface area contributed by atoms with Gasteiger partial charge in [0.25, 0.3) is 0 Å². The van der Waals surface area contributed by atoms with Crippen LogP contribution in [0.15, 0.2) is 0 Å². The van der Waals surface area contributed by atoms with Crippen molar-refractivity contribution in [2.45, 2.75) is 46.1 Å². The van der Waals surface area contributed by atoms with E-state index < -0.39 is 29.4 Å². The fraction of sp³-hybridized carbons (Fsp3) is 0.722. The van der Waals surface area contributed by atoms with Crippen molar-refractivity contribution in [3.05, 3.63) is 0 Å². The van der Waals surface area contributed by atoms with E-state index in [1.165, 1.54) is 14.0 Å². The van der Waals surface area contributed by atoms with E-state index in [9.17, 15) is 29.1 Å². The van der Waals surface area contributed by atoms with Crippen molar-refractivity contribution in [1.29, 1.82) is 0 Å². The lowest BCUT2D eigenvalue weighted by Crippen LogP contribution is -2.46. The molecule has 0 radical (unpaired) electrons. The third-order valence-electron chi connectivity index (χ3n) is 3.74. The number of hydrogen-bond donors (Lipinski definition) is 3. The predicted molar refractivity (Wildman–Crippen MR) is 106 cm³/mol. The lowest BCUT2D eigenvalue weighted by Gasteiger charge is -2.28. The standard InChI is InChI=1S/C18H30N2O8S/c1-12(21)28-11-18(2,3)16(25)17(26)20-8-7-13(22)19-9-10-29-15(24)6-5-14(23)27-4/h16,25H,5-11H2,1-4H3,(H,19,22)(H,20,26)/t16-/m0/s1. The first-order chi connectivity index (χ1) is 13.5. The maximum absolute atomic E-state index is 12.0. The van der Waals surface area contributed by atoms with E-state index in [1.54, 1.807) is 13.8 Å². The van der Waals surface area contributed by atoms with Crippen molar-refractivity contribution < 1.29 is 38.6 Å². The smallest absolute Gasteiger partial charge is 0.305 e. The predicted octanol–water partition coefficient (Wildman–Crippen LogP) is -0.228. The first-order valence-corrected chi connectivity index (χ1v) is 10.1. The van der Waals surface area contributed by atoms with Gasteiger partial charge >= 0.3 is 11.9 Å². The van der Waals surface area contributed by atoms with Crippen LogP contribution in [0.5, 0.6) is 0 Å². The van der Waals surface area contributed by atoms with E-state index in [0.717, 1.165) is 11.8 Å². The van der Waals surface area contributed by atoms with Crippen LogP contribution in [-0.4, -0.2) is 72.6 Å². The summed E-state index contributed by atoms with van der Waals surface area (Å²) in [6, 6.07) is 0. The monoisotopic (exact) mass is 434 g/mol. The summed E-state index contributed by atoms with van der Waals surface area (Å²) in [4.78, 5) is 57.0. The van der Waals surface area contributed by atoms with Gasteiger partial charge in [0.1, 0.15) is 6.10 Å². The third kappa shape index (κ3) is 12.8. The van der Waals surface area contributed by atoms with Crippen LogP contribution in [0.2, 0.25) is 0 Å². The second-order valence-corrected chi connectivity index (χ2v) is 8.01. The van der Waals surface area contributed by atoms with Crippen molar-refractivity contribution in [1.82, 2.24) is 10.6 Å². The van der Waals surface area contributed by atoms with Crippen LogP contribution in [0.1, 0.15) is 40.0 Å². The summed E-state index contributed by atoms with van der Waals surface area (Å²) in [7, 11) is 1.25. The molecule has 166 valence electrons. The van der Waals surface area contributed by atoms with Gasteiger partial charge in [-0.25, -0.2) is 0 Å². The van der Waals surface area contributed by atoms with Crippen molar-refractivity contribution >= 4 is 40.6 Å². The Hall–Kier alpha value is -2.14. The number of esters is 2. The molecule has 0 spiro atoms. The van der Waals surface area contributed by atoms with E-state index in [2.05, 4.69) is 15.4 Å². The molecule has 11 heteroatoms. The Morgan fingerprint density at radius 2 is 1.69 bits per heavy atom. The van der Waals surface area contributed by atoms with Gasteiger partial charge < -0.3 is 25.2 Å². The minimum atomic E-state index is -1.41. The number of amides is 2. The quantitative estimate of drug-likeness (QED) is 0.264. The molecule has 0 aromatic carbocycles. The van der Waals surface area contributed by atoms with Gasteiger partial charge in [-0.1, -0.05) is 25.6 Å². The van der Waals surface area contributed by atoms with E-state index in [1.807, 2.05) is 0 Å². The summed E-state index contributed by atoms with van der Waals surface area (Å²) in [5.74, 6) is -1.58. The molecule has 0 aromatic heterocycles. The van der Waals surface area contributed by atoms with E-state index >= 15 is 0 Å². The Bertz CT molecular complexity index is 594. The highest BCUT2D eigenvalue weighted by Gasteiger charge is 2.34. The van der Waals surface area contributed by atoms with Crippen molar-refractivity contribution in [2.75, 3.05) is 32.6 Å². The van der Waals surface area contributed by atoms with Crippen LogP contribution >= 0.6 is 11.8 Å². The Balaban J connectivity index is 3.97. The molecule has 0 aliphatic carbocycles. The Labute approximate surface area is 174 Å². The molecule has 29 heavy (non-hydrogen) atoms. The Morgan fingerprint density at radius 3 is 2.28 bits per heavy atom. The number of thioether (sulfide) groups is 1. The molecule has 0 aliphatic heterocycles. The van der Waals surface area contributed by atoms with Crippen LogP contribution < -0.4 is 10.6 Å². The molecule has 0 unspecified atom stereocenters. The number of carbonyl (C=O) groups is 5. The van der Waals surface area contributed by atoms with Crippen molar-refractivity contribution in [3.63, 3.8) is 0 Å². The molecule has 0 fully saturated rings. The van der Waals surface area contributed by atoms with Crippen LogP contribution in [-0.2, 0) is 33.4 Å². The van der Waals surface area contributed by atoms with Gasteiger partial charge in [-0.3, -0.25) is 24.0 Å². The summed E-state index contributed by atoms with van der Waals surface area (Å²) in [5, 5.41) is 15.0. The second-order valence-electron chi connectivity index (χ2n) is 6.86. The highest BCUT2D eigenvalue weighted by Crippen LogP contribution is 2.21. The molecule has 10 nitrogen and oxygen atoms in total. The first kappa shape index (κ1) is 26.9. The third-order valence-corrected chi connectivity index (χ3v) is 4.67. The van der Waals surface area contributed by atoms with Gasteiger partial charge in [0, 0.05) is 44.0 Å². The fourth-order valence-electron chi connectivity index (χ4n) is 1.94.